The van der Waals surface area contributed by atoms with Crippen LogP contribution < -0.4 is 0 Å². The molecule has 2 aromatic carbocycles. The van der Waals surface area contributed by atoms with Crippen LogP contribution in [0.1, 0.15) is 19.4 Å². The Morgan fingerprint density at radius 1 is 1.15 bits per heavy atom. The number of nitrogens with zero attached hydrogens (tertiary/aromatic N) is 3. The number of amides is 1. The topological polar surface area (TPSA) is 59.2 Å². The van der Waals surface area contributed by atoms with Crippen molar-refractivity contribution in [3.8, 4) is 11.5 Å². The summed E-state index contributed by atoms with van der Waals surface area (Å²) in [7, 11) is 0. The molecule has 0 radical (unpaired) electrons. The smallest absolute Gasteiger partial charge is 0.277 e. The summed E-state index contributed by atoms with van der Waals surface area (Å²) >= 11 is 7.16. The van der Waals surface area contributed by atoms with Crippen LogP contribution >= 0.6 is 23.4 Å². The molecule has 7 heteroatoms. The summed E-state index contributed by atoms with van der Waals surface area (Å²) < 4.78 is 5.69. The van der Waals surface area contributed by atoms with Crippen molar-refractivity contribution in [2.45, 2.75) is 30.9 Å². The van der Waals surface area contributed by atoms with Gasteiger partial charge in [0.05, 0.1) is 5.25 Å². The van der Waals surface area contributed by atoms with Crippen LogP contribution in [0.5, 0.6) is 0 Å². The fraction of sp³-hybridized carbons (Fsp3) is 0.250. The molecule has 1 atom stereocenters. The predicted molar refractivity (Wildman–Crippen MR) is 108 cm³/mol. The number of thioether (sulfide) groups is 1. The summed E-state index contributed by atoms with van der Waals surface area (Å²) in [5.41, 5.74) is 1.89. The van der Waals surface area contributed by atoms with Crippen LogP contribution in [-0.4, -0.2) is 32.8 Å². The van der Waals surface area contributed by atoms with Crippen LogP contribution in [0.3, 0.4) is 0 Å². The molecule has 1 aromatic heterocycles. The first-order valence-electron chi connectivity index (χ1n) is 8.65. The molecule has 0 fully saturated rings. The number of carbonyl (C=O) groups excluding carboxylic acids is 1. The van der Waals surface area contributed by atoms with E-state index in [-0.39, 0.29) is 11.2 Å². The van der Waals surface area contributed by atoms with E-state index in [1.54, 1.807) is 12.1 Å². The van der Waals surface area contributed by atoms with E-state index in [9.17, 15) is 4.79 Å². The summed E-state index contributed by atoms with van der Waals surface area (Å²) in [6.45, 7) is 5.05. The van der Waals surface area contributed by atoms with Crippen molar-refractivity contribution in [1.29, 1.82) is 0 Å². The van der Waals surface area contributed by atoms with Gasteiger partial charge in [-0.1, -0.05) is 53.7 Å². The number of aromatic nitrogens is 2. The third-order valence-electron chi connectivity index (χ3n) is 4.03. The molecule has 3 rings (SSSR count). The van der Waals surface area contributed by atoms with Crippen LogP contribution in [0.25, 0.3) is 11.5 Å². The van der Waals surface area contributed by atoms with E-state index in [4.69, 9.17) is 16.0 Å². The Morgan fingerprint density at radius 2 is 1.85 bits per heavy atom. The average Bonchev–Trinajstić information content (AvgIpc) is 3.15. The van der Waals surface area contributed by atoms with Gasteiger partial charge in [0.25, 0.3) is 5.22 Å². The minimum absolute atomic E-state index is 0.0394. The Kier molecular flexibility index (Phi) is 6.53. The molecule has 0 aliphatic carbocycles. The van der Waals surface area contributed by atoms with Crippen molar-refractivity contribution in [2.75, 3.05) is 6.54 Å². The van der Waals surface area contributed by atoms with Crippen LogP contribution in [0.15, 0.2) is 64.2 Å². The highest BCUT2D eigenvalue weighted by molar-refractivity contribution is 8.00. The van der Waals surface area contributed by atoms with Crippen molar-refractivity contribution >= 4 is 29.3 Å². The molecular formula is C20H20ClN3O2S. The Bertz CT molecular complexity index is 884. The lowest BCUT2D eigenvalue weighted by Crippen LogP contribution is -2.35. The van der Waals surface area contributed by atoms with Gasteiger partial charge >= 0.3 is 0 Å². The monoisotopic (exact) mass is 401 g/mol. The van der Waals surface area contributed by atoms with E-state index in [2.05, 4.69) is 10.2 Å². The summed E-state index contributed by atoms with van der Waals surface area (Å²) in [4.78, 5) is 14.6. The molecule has 0 aliphatic rings. The molecule has 5 nitrogen and oxygen atoms in total. The largest absolute Gasteiger partial charge is 0.411 e. The first-order valence-corrected chi connectivity index (χ1v) is 9.91. The lowest BCUT2D eigenvalue weighted by molar-refractivity contribution is -0.130. The van der Waals surface area contributed by atoms with E-state index in [1.165, 1.54) is 11.8 Å². The van der Waals surface area contributed by atoms with Gasteiger partial charge in [0, 0.05) is 23.7 Å². The maximum absolute atomic E-state index is 12.8. The first kappa shape index (κ1) is 19.5. The highest BCUT2D eigenvalue weighted by Gasteiger charge is 2.23. The molecular weight excluding hydrogens is 382 g/mol. The summed E-state index contributed by atoms with van der Waals surface area (Å²) in [6.07, 6.45) is 0. The third-order valence-corrected chi connectivity index (χ3v) is 5.21. The molecule has 27 heavy (non-hydrogen) atoms. The van der Waals surface area contributed by atoms with Crippen molar-refractivity contribution in [3.63, 3.8) is 0 Å². The number of hydrogen-bond acceptors (Lipinski definition) is 5. The van der Waals surface area contributed by atoms with Crippen molar-refractivity contribution in [2.24, 2.45) is 0 Å². The summed E-state index contributed by atoms with van der Waals surface area (Å²) in [6, 6.07) is 17.1. The van der Waals surface area contributed by atoms with E-state index < -0.39 is 0 Å². The highest BCUT2D eigenvalue weighted by atomic mass is 35.5. The maximum atomic E-state index is 12.8. The van der Waals surface area contributed by atoms with Gasteiger partial charge in [0.15, 0.2) is 0 Å². The number of rotatable bonds is 7. The van der Waals surface area contributed by atoms with Gasteiger partial charge in [-0.05, 0) is 43.7 Å². The number of benzene rings is 2. The minimum atomic E-state index is -0.327. The van der Waals surface area contributed by atoms with Crippen molar-refractivity contribution < 1.29 is 9.21 Å². The Morgan fingerprint density at radius 3 is 2.52 bits per heavy atom. The van der Waals surface area contributed by atoms with Crippen LogP contribution in [0.2, 0.25) is 5.02 Å². The number of halogens is 1. The summed E-state index contributed by atoms with van der Waals surface area (Å²) in [5.74, 6) is 0.447. The normalized spacial score (nSPS) is 12.0. The highest BCUT2D eigenvalue weighted by Crippen LogP contribution is 2.27. The third kappa shape index (κ3) is 5.11. The van der Waals surface area contributed by atoms with Crippen molar-refractivity contribution in [3.05, 3.63) is 65.2 Å². The van der Waals surface area contributed by atoms with E-state index >= 15 is 0 Å². The SMILES string of the molecule is CCN(Cc1ccccc1)C(=O)C(C)Sc1nnc(-c2ccc(Cl)cc2)o1. The quantitative estimate of drug-likeness (QED) is 0.526. The van der Waals surface area contributed by atoms with Gasteiger partial charge in [0.2, 0.25) is 11.8 Å². The fourth-order valence-corrected chi connectivity index (χ4v) is 3.47. The zero-order valence-electron chi connectivity index (χ0n) is 15.1. The van der Waals surface area contributed by atoms with Crippen LogP contribution in [0.4, 0.5) is 0 Å². The molecule has 0 spiro atoms. The van der Waals surface area contributed by atoms with Crippen LogP contribution in [-0.2, 0) is 11.3 Å². The molecule has 1 heterocycles. The first-order chi connectivity index (χ1) is 13.1. The average molecular weight is 402 g/mol. The lowest BCUT2D eigenvalue weighted by atomic mass is 10.2. The second kappa shape index (κ2) is 9.06. The second-order valence-corrected chi connectivity index (χ2v) is 7.71. The van der Waals surface area contributed by atoms with Gasteiger partial charge in [-0.15, -0.1) is 10.2 Å². The van der Waals surface area contributed by atoms with Crippen molar-refractivity contribution in [1.82, 2.24) is 15.1 Å². The van der Waals surface area contributed by atoms with Gasteiger partial charge < -0.3 is 9.32 Å². The molecule has 140 valence electrons. The van der Waals surface area contributed by atoms with Crippen LogP contribution in [0, 0.1) is 0 Å². The molecule has 1 amide bonds. The van der Waals surface area contributed by atoms with E-state index in [0.29, 0.717) is 29.2 Å². The standard InChI is InChI=1S/C20H20ClN3O2S/c1-3-24(13-15-7-5-4-6-8-15)19(25)14(2)27-20-23-22-18(26-20)16-9-11-17(21)12-10-16/h4-12,14H,3,13H2,1-2H3. The molecule has 1 unspecified atom stereocenters. The fourth-order valence-electron chi connectivity index (χ4n) is 2.57. The molecule has 0 aliphatic heterocycles. The molecule has 0 saturated carbocycles. The Balaban J connectivity index is 1.64. The van der Waals surface area contributed by atoms with Gasteiger partial charge in [-0.3, -0.25) is 4.79 Å². The number of carbonyl (C=O) groups is 1. The number of hydrogen-bond donors (Lipinski definition) is 0. The molecule has 0 saturated heterocycles. The zero-order valence-corrected chi connectivity index (χ0v) is 16.7. The lowest BCUT2D eigenvalue weighted by Gasteiger charge is -2.23. The summed E-state index contributed by atoms with van der Waals surface area (Å²) in [5, 5.41) is 8.79. The Hall–Kier alpha value is -2.31. The minimum Gasteiger partial charge on any atom is -0.411 e. The second-order valence-electron chi connectivity index (χ2n) is 5.98. The van der Waals surface area contributed by atoms with Gasteiger partial charge in [-0.25, -0.2) is 0 Å². The molecule has 0 N–H and O–H groups in total. The van der Waals surface area contributed by atoms with E-state index in [1.807, 2.05) is 61.2 Å². The zero-order chi connectivity index (χ0) is 19.2. The molecule has 0 bridgehead atoms. The maximum Gasteiger partial charge on any atom is 0.277 e. The van der Waals surface area contributed by atoms with Gasteiger partial charge in [-0.2, -0.15) is 0 Å². The molecule has 3 aromatic rings. The van der Waals surface area contributed by atoms with E-state index in [0.717, 1.165) is 11.1 Å². The van der Waals surface area contributed by atoms with Gasteiger partial charge in [0.1, 0.15) is 0 Å². The predicted octanol–water partition coefficient (Wildman–Crippen LogP) is 4.92. The Labute approximate surface area is 167 Å².